The summed E-state index contributed by atoms with van der Waals surface area (Å²) >= 11 is 4.78. The van der Waals surface area contributed by atoms with E-state index in [0.29, 0.717) is 11.4 Å². The molecule has 0 aliphatic carbocycles. The van der Waals surface area contributed by atoms with Gasteiger partial charge >= 0.3 is 5.97 Å². The third-order valence-electron chi connectivity index (χ3n) is 1.39. The Labute approximate surface area is 75.3 Å². The minimum atomic E-state index is -0.376. The molecule has 0 N–H and O–H groups in total. The van der Waals surface area contributed by atoms with Gasteiger partial charge in [0, 0.05) is 6.20 Å². The Bertz CT molecular complexity index is 271. The van der Waals surface area contributed by atoms with Crippen molar-refractivity contribution in [1.29, 1.82) is 0 Å². The van der Waals surface area contributed by atoms with E-state index >= 15 is 0 Å². The molecule has 0 amide bonds. The zero-order chi connectivity index (χ0) is 8.97. The molecule has 0 saturated heterocycles. The van der Waals surface area contributed by atoms with Gasteiger partial charge in [-0.1, -0.05) is 0 Å². The maximum absolute atomic E-state index is 10.9. The Morgan fingerprint density at radius 1 is 1.67 bits per heavy atom. The fraction of sp³-hybridized carbons (Fsp3) is 0.250. The number of esters is 1. The number of hydrogen-bond donors (Lipinski definition) is 0. The van der Waals surface area contributed by atoms with Crippen molar-refractivity contribution in [2.24, 2.45) is 0 Å². The van der Waals surface area contributed by atoms with Crippen molar-refractivity contribution in [3.05, 3.63) is 29.6 Å². The third-order valence-corrected chi connectivity index (χ3v) is 1.69. The summed E-state index contributed by atoms with van der Waals surface area (Å²) < 4.78 is 4.50. The molecule has 0 radical (unpaired) electrons. The van der Waals surface area contributed by atoms with Crippen LogP contribution in [0.5, 0.6) is 0 Å². The van der Waals surface area contributed by atoms with Crippen molar-refractivity contribution in [3.8, 4) is 0 Å². The van der Waals surface area contributed by atoms with Gasteiger partial charge in [0.05, 0.1) is 18.4 Å². The predicted molar refractivity (Wildman–Crippen MR) is 40.7 cm³/mol. The monoisotopic (exact) mass is 186 g/mol. The Morgan fingerprint density at radius 3 is 2.83 bits per heavy atom. The van der Waals surface area contributed by atoms with Gasteiger partial charge in [0.1, 0.15) is 11.6 Å². The highest BCUT2D eigenvalue weighted by Gasteiger charge is 2.05. The van der Waals surface area contributed by atoms with Crippen LogP contribution in [0.2, 0.25) is 0 Å². The zero-order valence-corrected chi connectivity index (χ0v) is 7.43. The number of aromatic nitrogens is 1. The minimum absolute atomic E-state index is 0.376. The lowest BCUT2D eigenvalue weighted by molar-refractivity contribution is -0.387. The lowest BCUT2D eigenvalue weighted by Crippen LogP contribution is -2.02. The fourth-order valence-corrected chi connectivity index (χ4v) is 0.919. The Morgan fingerprint density at radius 2 is 2.42 bits per heavy atom. The van der Waals surface area contributed by atoms with E-state index in [9.17, 15) is 4.79 Å². The molecule has 0 aliphatic rings. The number of pyridine rings is 1. The van der Waals surface area contributed by atoms with Gasteiger partial charge in [0.25, 0.3) is 0 Å². The standard InChI is InChI=1S/C8H9ClNO2/c1-12-8(11)6-2-3-7(4-9)10-5-6/h2-3,5,9H,4H2,1H3/q+1. The average molecular weight is 187 g/mol. The molecular weight excluding hydrogens is 178 g/mol. The Balaban J connectivity index is 2.84. The second kappa shape index (κ2) is 4.07. The molecule has 0 atom stereocenters. The third kappa shape index (κ3) is 1.95. The van der Waals surface area contributed by atoms with Gasteiger partial charge in [0.2, 0.25) is 5.88 Å². The highest BCUT2D eigenvalue weighted by Crippen LogP contribution is 2.01. The van der Waals surface area contributed by atoms with Crippen LogP contribution in [-0.2, 0) is 10.6 Å². The summed E-state index contributed by atoms with van der Waals surface area (Å²) in [6, 6.07) is 3.37. The summed E-state index contributed by atoms with van der Waals surface area (Å²) in [6.07, 6.45) is 1.47. The molecule has 4 heteroatoms. The molecule has 0 bridgehead atoms. The van der Waals surface area contributed by atoms with Gasteiger partial charge < -0.3 is 4.74 Å². The number of methoxy groups -OCH3 is 1. The van der Waals surface area contributed by atoms with Crippen LogP contribution < -0.4 is 0 Å². The van der Waals surface area contributed by atoms with E-state index in [0.717, 1.165) is 5.69 Å². The number of hydrogen-bond acceptors (Lipinski definition) is 3. The van der Waals surface area contributed by atoms with Crippen LogP contribution >= 0.6 is 0 Å². The Hall–Kier alpha value is -1.09. The van der Waals surface area contributed by atoms with Crippen molar-refractivity contribution < 1.29 is 21.1 Å². The van der Waals surface area contributed by atoms with E-state index in [1.54, 1.807) is 12.1 Å². The molecule has 0 saturated carbocycles. The van der Waals surface area contributed by atoms with Gasteiger partial charge in [0.15, 0.2) is 0 Å². The summed E-state index contributed by atoms with van der Waals surface area (Å²) in [6.45, 7) is 0. The van der Waals surface area contributed by atoms with Gasteiger partial charge in [-0.15, -0.1) is 0 Å². The van der Waals surface area contributed by atoms with Crippen LogP contribution in [0.4, 0.5) is 0 Å². The summed E-state index contributed by atoms with van der Waals surface area (Å²) in [4.78, 5) is 14.9. The lowest BCUT2D eigenvalue weighted by atomic mass is 10.2. The molecule has 12 heavy (non-hydrogen) atoms. The predicted octanol–water partition coefficient (Wildman–Crippen LogP) is 0.650. The van der Waals surface area contributed by atoms with Crippen LogP contribution in [0.1, 0.15) is 16.1 Å². The largest absolute Gasteiger partial charge is 0.465 e. The van der Waals surface area contributed by atoms with E-state index in [1.165, 1.54) is 13.3 Å². The molecule has 3 nitrogen and oxygen atoms in total. The minimum Gasteiger partial charge on any atom is -0.465 e. The van der Waals surface area contributed by atoms with E-state index in [4.69, 9.17) is 11.6 Å². The number of rotatable bonds is 2. The van der Waals surface area contributed by atoms with Gasteiger partial charge in [-0.25, -0.2) is 4.79 Å². The quantitative estimate of drug-likeness (QED) is 0.503. The summed E-state index contributed by atoms with van der Waals surface area (Å²) in [5, 5.41) is 0. The molecular formula is C8H9ClNO2+. The van der Waals surface area contributed by atoms with Crippen LogP contribution in [0.3, 0.4) is 0 Å². The van der Waals surface area contributed by atoms with E-state index in [-0.39, 0.29) is 5.97 Å². The van der Waals surface area contributed by atoms with Crippen molar-refractivity contribution >= 4 is 5.97 Å². The molecule has 0 fully saturated rings. The first kappa shape index (κ1) is 9.00. The molecule has 1 aromatic rings. The molecule has 0 aliphatic heterocycles. The molecule has 0 unspecified atom stereocenters. The number of carbonyl (C=O) groups is 1. The van der Waals surface area contributed by atoms with Crippen molar-refractivity contribution in [1.82, 2.24) is 4.98 Å². The normalized spacial score (nSPS) is 9.50. The number of carbonyl (C=O) groups excluding carboxylic acids is 1. The first-order chi connectivity index (χ1) is 5.77. The maximum atomic E-state index is 10.9. The van der Waals surface area contributed by atoms with Crippen molar-refractivity contribution in [2.75, 3.05) is 7.11 Å². The molecule has 0 spiro atoms. The molecule has 0 aromatic carbocycles. The lowest BCUT2D eigenvalue weighted by Gasteiger charge is -1.97. The summed E-state index contributed by atoms with van der Waals surface area (Å²) in [7, 11) is 1.34. The first-order valence-electron chi connectivity index (χ1n) is 3.39. The first-order valence-corrected chi connectivity index (χ1v) is 3.97. The van der Waals surface area contributed by atoms with Gasteiger partial charge in [-0.05, 0) is 12.1 Å². The van der Waals surface area contributed by atoms with Crippen LogP contribution in [-0.4, -0.2) is 18.1 Å². The number of halogens is 1. The van der Waals surface area contributed by atoms with E-state index in [1.807, 2.05) is 0 Å². The zero-order valence-electron chi connectivity index (χ0n) is 6.61. The molecule has 1 heterocycles. The molecule has 1 aromatic heterocycles. The second-order valence-electron chi connectivity index (χ2n) is 2.17. The van der Waals surface area contributed by atoms with Crippen LogP contribution in [0.25, 0.3) is 0 Å². The van der Waals surface area contributed by atoms with E-state index in [2.05, 4.69) is 9.72 Å². The smallest absolute Gasteiger partial charge is 0.339 e. The van der Waals surface area contributed by atoms with Crippen molar-refractivity contribution in [3.63, 3.8) is 0 Å². The SMILES string of the molecule is COC(=O)c1ccc(C[ClH+])nc1. The maximum Gasteiger partial charge on any atom is 0.339 e. The summed E-state index contributed by atoms with van der Waals surface area (Å²) in [5.41, 5.74) is 1.24. The van der Waals surface area contributed by atoms with E-state index < -0.39 is 0 Å². The van der Waals surface area contributed by atoms with Gasteiger partial charge in [-0.3, -0.25) is 4.98 Å². The van der Waals surface area contributed by atoms with Crippen LogP contribution in [0.15, 0.2) is 18.3 Å². The molecule has 1 rings (SSSR count). The highest BCUT2D eigenvalue weighted by atomic mass is 35.5. The van der Waals surface area contributed by atoms with Crippen LogP contribution in [0, 0.1) is 11.6 Å². The van der Waals surface area contributed by atoms with Gasteiger partial charge in [-0.2, -0.15) is 0 Å². The topological polar surface area (TPSA) is 39.2 Å². The Kier molecular flexibility index (Phi) is 3.05. The second-order valence-corrected chi connectivity index (χ2v) is 2.46. The van der Waals surface area contributed by atoms with Crippen molar-refractivity contribution in [2.45, 2.75) is 5.88 Å². The number of alkyl halides is 1. The number of ether oxygens (including phenoxy) is 1. The fourth-order valence-electron chi connectivity index (χ4n) is 0.748. The molecule has 64 valence electrons. The average Bonchev–Trinajstić information content (AvgIpc) is 2.17. The number of nitrogens with zero attached hydrogens (tertiary/aromatic N) is 1. The highest BCUT2D eigenvalue weighted by molar-refractivity contribution is 5.88. The summed E-state index contributed by atoms with van der Waals surface area (Å²) in [5.74, 6) is 0.0833.